The van der Waals surface area contributed by atoms with E-state index < -0.39 is 0 Å². The number of rotatable bonds is 5. The van der Waals surface area contributed by atoms with Gasteiger partial charge in [0.15, 0.2) is 11.5 Å². The first kappa shape index (κ1) is 22.4. The number of methoxy groups -OCH3 is 1. The van der Waals surface area contributed by atoms with Crippen molar-refractivity contribution < 1.29 is 14.2 Å². The number of hydrogen-bond donors (Lipinski definition) is 2. The van der Waals surface area contributed by atoms with Gasteiger partial charge in [0.25, 0.3) is 0 Å². The number of nitrogens with one attached hydrogen (secondary N) is 2. The molecule has 1 aromatic carbocycles. The van der Waals surface area contributed by atoms with Crippen LogP contribution in [0.2, 0.25) is 0 Å². The SMILES string of the molecule is COc1cc(Nc2nc(-c3cnc4c(c3)NCCO4)cn3ccnc23)ccc1N1C[C@@H](C)O[C@@H](C)C1. The van der Waals surface area contributed by atoms with Crippen molar-refractivity contribution in [3.63, 3.8) is 0 Å². The van der Waals surface area contributed by atoms with Gasteiger partial charge in [0.1, 0.15) is 12.4 Å². The molecule has 0 unspecified atom stereocenters. The zero-order chi connectivity index (χ0) is 24.6. The first-order valence-electron chi connectivity index (χ1n) is 12.1. The number of imidazole rings is 1. The first-order chi connectivity index (χ1) is 17.6. The molecule has 0 saturated carbocycles. The fourth-order valence-corrected chi connectivity index (χ4v) is 4.85. The second-order valence-electron chi connectivity index (χ2n) is 9.16. The van der Waals surface area contributed by atoms with E-state index in [4.69, 9.17) is 19.2 Å². The Balaban J connectivity index is 1.33. The van der Waals surface area contributed by atoms with Gasteiger partial charge >= 0.3 is 0 Å². The zero-order valence-corrected chi connectivity index (χ0v) is 20.6. The molecule has 10 heteroatoms. The summed E-state index contributed by atoms with van der Waals surface area (Å²) in [6.45, 7) is 7.19. The third-order valence-corrected chi connectivity index (χ3v) is 6.38. The van der Waals surface area contributed by atoms with E-state index in [0.717, 1.165) is 59.4 Å². The maximum absolute atomic E-state index is 5.90. The molecular weight excluding hydrogens is 458 g/mol. The van der Waals surface area contributed by atoms with E-state index in [1.807, 2.05) is 35.0 Å². The summed E-state index contributed by atoms with van der Waals surface area (Å²) in [4.78, 5) is 16.2. The summed E-state index contributed by atoms with van der Waals surface area (Å²) in [6.07, 6.45) is 7.72. The molecular formula is C26H29N7O3. The molecule has 3 aromatic heterocycles. The first-order valence-corrected chi connectivity index (χ1v) is 12.1. The fourth-order valence-electron chi connectivity index (χ4n) is 4.85. The van der Waals surface area contributed by atoms with E-state index in [9.17, 15) is 0 Å². The lowest BCUT2D eigenvalue weighted by Crippen LogP contribution is -2.45. The van der Waals surface area contributed by atoms with Crippen molar-refractivity contribution >= 4 is 28.5 Å². The van der Waals surface area contributed by atoms with Gasteiger partial charge < -0.3 is 34.1 Å². The van der Waals surface area contributed by atoms with Crippen LogP contribution in [0.1, 0.15) is 13.8 Å². The fraction of sp³-hybridized carbons (Fsp3) is 0.346. The van der Waals surface area contributed by atoms with E-state index in [-0.39, 0.29) is 12.2 Å². The van der Waals surface area contributed by atoms with Crippen LogP contribution in [0.25, 0.3) is 16.9 Å². The van der Waals surface area contributed by atoms with Gasteiger partial charge in [0, 0.05) is 61.7 Å². The maximum atomic E-state index is 5.90. The Hall–Kier alpha value is -4.05. The highest BCUT2D eigenvalue weighted by Crippen LogP contribution is 2.35. The van der Waals surface area contributed by atoms with Crippen molar-refractivity contribution in [3.8, 4) is 22.9 Å². The van der Waals surface area contributed by atoms with E-state index in [2.05, 4.69) is 45.4 Å². The molecule has 0 amide bonds. The van der Waals surface area contributed by atoms with Crippen LogP contribution >= 0.6 is 0 Å². The van der Waals surface area contributed by atoms with E-state index in [1.54, 1.807) is 19.5 Å². The van der Waals surface area contributed by atoms with Crippen molar-refractivity contribution in [3.05, 3.63) is 49.1 Å². The Morgan fingerprint density at radius 1 is 1.14 bits per heavy atom. The summed E-state index contributed by atoms with van der Waals surface area (Å²) in [5, 5.41) is 6.78. The molecule has 1 saturated heterocycles. The highest BCUT2D eigenvalue weighted by atomic mass is 16.5. The molecule has 2 N–H and O–H groups in total. The molecule has 6 rings (SSSR count). The van der Waals surface area contributed by atoms with Gasteiger partial charge in [-0.1, -0.05) is 0 Å². The minimum Gasteiger partial charge on any atom is -0.495 e. The second-order valence-corrected chi connectivity index (χ2v) is 9.16. The average molecular weight is 488 g/mol. The quantitative estimate of drug-likeness (QED) is 0.433. The minimum absolute atomic E-state index is 0.164. The number of hydrogen-bond acceptors (Lipinski definition) is 9. The highest BCUT2D eigenvalue weighted by Gasteiger charge is 2.24. The molecule has 2 aliphatic heterocycles. The molecule has 10 nitrogen and oxygen atoms in total. The third-order valence-electron chi connectivity index (χ3n) is 6.38. The van der Waals surface area contributed by atoms with Crippen LogP contribution in [-0.2, 0) is 4.74 Å². The van der Waals surface area contributed by atoms with Gasteiger partial charge in [-0.3, -0.25) is 0 Å². The van der Waals surface area contributed by atoms with Crippen molar-refractivity contribution in [1.29, 1.82) is 0 Å². The third kappa shape index (κ3) is 4.24. The van der Waals surface area contributed by atoms with Gasteiger partial charge in [-0.15, -0.1) is 0 Å². The average Bonchev–Trinajstić information content (AvgIpc) is 3.37. The van der Waals surface area contributed by atoms with Crippen molar-refractivity contribution in [2.45, 2.75) is 26.1 Å². The minimum atomic E-state index is 0.164. The number of ether oxygens (including phenoxy) is 3. The zero-order valence-electron chi connectivity index (χ0n) is 20.6. The molecule has 0 bridgehead atoms. The molecule has 0 aliphatic carbocycles. The van der Waals surface area contributed by atoms with Crippen LogP contribution in [-0.4, -0.2) is 64.9 Å². The van der Waals surface area contributed by atoms with Gasteiger partial charge in [0.2, 0.25) is 5.88 Å². The summed E-state index contributed by atoms with van der Waals surface area (Å²) in [5.74, 6) is 2.05. The van der Waals surface area contributed by atoms with Gasteiger partial charge in [-0.2, -0.15) is 0 Å². The maximum Gasteiger partial charge on any atom is 0.237 e. The summed E-state index contributed by atoms with van der Waals surface area (Å²) < 4.78 is 19.2. The Labute approximate surface area is 209 Å². The molecule has 5 heterocycles. The monoisotopic (exact) mass is 487 g/mol. The van der Waals surface area contributed by atoms with Crippen LogP contribution in [0, 0.1) is 0 Å². The van der Waals surface area contributed by atoms with E-state index >= 15 is 0 Å². The van der Waals surface area contributed by atoms with Crippen molar-refractivity contribution in [2.75, 3.05) is 48.9 Å². The standard InChI is InChI=1S/C26H29N7O3/c1-16-13-33(14-17(2)36-16)22-5-4-19(11-23(22)34-3)30-24-25-28-6-8-32(25)15-21(31-24)18-10-20-26(29-12-18)35-9-7-27-20/h4-6,8,10-12,15-17,27H,7,9,13-14H2,1-3H3,(H,30,31)/t16-,17+. The smallest absolute Gasteiger partial charge is 0.237 e. The normalized spacial score (nSPS) is 19.4. The topological polar surface area (TPSA) is 98.1 Å². The van der Waals surface area contributed by atoms with E-state index in [1.165, 1.54) is 0 Å². The number of anilines is 4. The van der Waals surface area contributed by atoms with Gasteiger partial charge in [-0.25, -0.2) is 15.0 Å². The molecule has 2 aliphatic rings. The van der Waals surface area contributed by atoms with Crippen LogP contribution in [0.4, 0.5) is 22.9 Å². The van der Waals surface area contributed by atoms with Gasteiger partial charge in [0.05, 0.1) is 36.4 Å². The van der Waals surface area contributed by atoms with Gasteiger partial charge in [-0.05, 0) is 32.0 Å². The van der Waals surface area contributed by atoms with Crippen LogP contribution in [0.15, 0.2) is 49.1 Å². The Bertz CT molecular complexity index is 1400. The molecule has 4 aromatic rings. The summed E-state index contributed by atoms with van der Waals surface area (Å²) in [5.41, 5.74) is 5.16. The molecule has 2 atom stereocenters. The summed E-state index contributed by atoms with van der Waals surface area (Å²) in [7, 11) is 1.70. The lowest BCUT2D eigenvalue weighted by molar-refractivity contribution is -0.00532. The van der Waals surface area contributed by atoms with E-state index in [0.29, 0.717) is 18.3 Å². The largest absolute Gasteiger partial charge is 0.495 e. The molecule has 186 valence electrons. The highest BCUT2D eigenvalue weighted by molar-refractivity contribution is 5.77. The van der Waals surface area contributed by atoms with Crippen LogP contribution < -0.4 is 25.0 Å². The number of morpholine rings is 1. The number of fused-ring (bicyclic) bond motifs is 2. The van der Waals surface area contributed by atoms with Crippen molar-refractivity contribution in [1.82, 2.24) is 19.4 Å². The number of aromatic nitrogens is 4. The molecule has 36 heavy (non-hydrogen) atoms. The molecule has 0 radical (unpaired) electrons. The Kier molecular flexibility index (Phi) is 5.73. The molecule has 0 spiro atoms. The van der Waals surface area contributed by atoms with Crippen LogP contribution in [0.3, 0.4) is 0 Å². The number of pyridine rings is 1. The van der Waals surface area contributed by atoms with Crippen LogP contribution in [0.5, 0.6) is 11.6 Å². The number of benzene rings is 1. The Morgan fingerprint density at radius 2 is 2.00 bits per heavy atom. The molecule has 1 fully saturated rings. The lowest BCUT2D eigenvalue weighted by atomic mass is 10.1. The predicted octanol–water partition coefficient (Wildman–Crippen LogP) is 3.96. The lowest BCUT2D eigenvalue weighted by Gasteiger charge is -2.37. The van der Waals surface area contributed by atoms with Crippen molar-refractivity contribution in [2.24, 2.45) is 0 Å². The Morgan fingerprint density at radius 3 is 2.83 bits per heavy atom. The summed E-state index contributed by atoms with van der Waals surface area (Å²) in [6, 6.07) is 8.13. The summed E-state index contributed by atoms with van der Waals surface area (Å²) >= 11 is 0. The number of nitrogens with zero attached hydrogens (tertiary/aromatic N) is 5. The second kappa shape index (κ2) is 9.19. The predicted molar refractivity (Wildman–Crippen MR) is 139 cm³/mol.